The summed E-state index contributed by atoms with van der Waals surface area (Å²) in [6.45, 7) is 15.4. The van der Waals surface area contributed by atoms with Gasteiger partial charge in [-0.15, -0.1) is 0 Å². The van der Waals surface area contributed by atoms with Crippen molar-refractivity contribution in [2.45, 2.75) is 64.5 Å². The largest absolute Gasteiger partial charge is 0.456 e. The Balaban J connectivity index is 3.72. The van der Waals surface area contributed by atoms with Gasteiger partial charge >= 0.3 is 0 Å². The maximum Gasteiger partial charge on any atom is 0.173 e. The summed E-state index contributed by atoms with van der Waals surface area (Å²) in [4.78, 5) is 0. The molecule has 3 heteroatoms. The Labute approximate surface area is 92.5 Å². The maximum atomic E-state index is 6.27. The second-order valence-electron chi connectivity index (χ2n) is 5.64. The van der Waals surface area contributed by atoms with Gasteiger partial charge in [-0.1, -0.05) is 32.6 Å². The predicted octanol–water partition coefficient (Wildman–Crippen LogP) is 4.44. The minimum absolute atomic E-state index is 1.08. The molecular weight excluding hydrogens is 204 g/mol. The number of unbranched alkanes of at least 4 members (excludes halogenated alkanes) is 3. The van der Waals surface area contributed by atoms with Gasteiger partial charge in [-0.3, -0.25) is 0 Å². The maximum absolute atomic E-state index is 6.27. The van der Waals surface area contributed by atoms with Crippen molar-refractivity contribution in [3.8, 4) is 0 Å². The van der Waals surface area contributed by atoms with Gasteiger partial charge in [-0.25, -0.2) is 0 Å². The van der Waals surface area contributed by atoms with E-state index in [1.807, 2.05) is 0 Å². The lowest BCUT2D eigenvalue weighted by Gasteiger charge is -2.31. The third-order valence-electron chi connectivity index (χ3n) is 2.11. The molecule has 0 heterocycles. The van der Waals surface area contributed by atoms with E-state index in [9.17, 15) is 0 Å². The molecule has 14 heavy (non-hydrogen) atoms. The van der Waals surface area contributed by atoms with Crippen molar-refractivity contribution in [2.75, 3.05) is 0 Å². The zero-order valence-electron chi connectivity index (χ0n) is 10.7. The van der Waals surface area contributed by atoms with Crippen LogP contribution in [0.3, 0.4) is 0 Å². The Bertz CT molecular complexity index is 150. The lowest BCUT2D eigenvalue weighted by atomic mass is 10.2. The highest BCUT2D eigenvalue weighted by Crippen LogP contribution is 2.21. The fourth-order valence-corrected chi connectivity index (χ4v) is 9.92. The van der Waals surface area contributed by atoms with Gasteiger partial charge in [0.2, 0.25) is 0 Å². The minimum atomic E-state index is -1.35. The molecule has 0 aliphatic rings. The van der Waals surface area contributed by atoms with Gasteiger partial charge in [0.1, 0.15) is 0 Å². The van der Waals surface area contributed by atoms with Gasteiger partial charge in [0.05, 0.1) is 0 Å². The summed E-state index contributed by atoms with van der Waals surface area (Å²) < 4.78 is 6.27. The van der Waals surface area contributed by atoms with Crippen LogP contribution < -0.4 is 0 Å². The normalized spacial score (nSPS) is 13.3. The summed E-state index contributed by atoms with van der Waals surface area (Å²) in [5.41, 5.74) is 0. The van der Waals surface area contributed by atoms with Crippen molar-refractivity contribution < 1.29 is 4.12 Å². The van der Waals surface area contributed by atoms with Gasteiger partial charge in [0.25, 0.3) is 0 Å². The topological polar surface area (TPSA) is 9.23 Å². The van der Waals surface area contributed by atoms with E-state index in [0.717, 1.165) is 6.42 Å². The van der Waals surface area contributed by atoms with Crippen molar-refractivity contribution in [1.82, 2.24) is 0 Å². The molecule has 85 valence electrons. The van der Waals surface area contributed by atoms with Gasteiger partial charge < -0.3 is 4.12 Å². The van der Waals surface area contributed by atoms with Crippen LogP contribution in [0.4, 0.5) is 0 Å². The Morgan fingerprint density at radius 1 is 0.929 bits per heavy atom. The Morgan fingerprint density at radius 2 is 1.50 bits per heavy atom. The van der Waals surface area contributed by atoms with Gasteiger partial charge in [-0.05, 0) is 38.8 Å². The molecule has 1 nitrogen and oxygen atoms in total. The second kappa shape index (κ2) is 6.08. The van der Waals surface area contributed by atoms with Gasteiger partial charge in [0.15, 0.2) is 16.6 Å². The fraction of sp³-hybridized carbons (Fsp3) is 0.909. The molecule has 0 amide bonds. The summed E-state index contributed by atoms with van der Waals surface area (Å²) >= 11 is 0. The summed E-state index contributed by atoms with van der Waals surface area (Å²) in [5, 5.41) is 0. The third-order valence-corrected chi connectivity index (χ3v) is 8.33. The van der Waals surface area contributed by atoms with Crippen molar-refractivity contribution in [3.05, 3.63) is 6.92 Å². The van der Waals surface area contributed by atoms with Crippen LogP contribution in [0, 0.1) is 6.92 Å². The first-order valence-corrected chi connectivity index (χ1v) is 12.3. The first-order chi connectivity index (χ1) is 6.27. The van der Waals surface area contributed by atoms with Crippen LogP contribution in [0.15, 0.2) is 0 Å². The summed E-state index contributed by atoms with van der Waals surface area (Å²) in [6, 6.07) is 1.32. The molecule has 0 spiro atoms. The molecule has 0 aliphatic heterocycles. The van der Waals surface area contributed by atoms with E-state index in [1.54, 1.807) is 0 Å². The van der Waals surface area contributed by atoms with Crippen LogP contribution in [-0.4, -0.2) is 16.6 Å². The number of hydrogen-bond donors (Lipinski definition) is 0. The molecule has 0 N–H and O–H groups in total. The van der Waals surface area contributed by atoms with Crippen LogP contribution in [0.1, 0.15) is 25.7 Å². The highest BCUT2D eigenvalue weighted by Gasteiger charge is 2.28. The highest BCUT2D eigenvalue weighted by molar-refractivity contribution is 6.84. The molecule has 0 rings (SSSR count). The van der Waals surface area contributed by atoms with E-state index in [1.165, 1.54) is 25.3 Å². The molecule has 0 aliphatic carbocycles. The van der Waals surface area contributed by atoms with Gasteiger partial charge in [0, 0.05) is 0 Å². The van der Waals surface area contributed by atoms with Crippen molar-refractivity contribution in [3.63, 3.8) is 0 Å². The van der Waals surface area contributed by atoms with Crippen LogP contribution in [0.5, 0.6) is 0 Å². The summed E-state index contributed by atoms with van der Waals surface area (Å²) in [7, 11) is -2.66. The molecule has 0 saturated carbocycles. The van der Waals surface area contributed by atoms with Crippen LogP contribution >= 0.6 is 0 Å². The molecular formula is C11H27OSi2. The summed E-state index contributed by atoms with van der Waals surface area (Å²) in [6.07, 6.45) is 5.02. The van der Waals surface area contributed by atoms with Crippen LogP contribution in [-0.2, 0) is 4.12 Å². The molecule has 0 saturated heterocycles. The SMILES string of the molecule is [CH2]CCCCC[Si](C)(C)O[Si](C)(C)C. The standard InChI is InChI=1S/C11H27OSi2/c1-7-8-9-10-11-14(5,6)12-13(2,3)4/h1,7-11H2,2-6H3. The zero-order chi connectivity index (χ0) is 11.2. The van der Waals surface area contributed by atoms with Gasteiger partial charge in [-0.2, -0.15) is 0 Å². The van der Waals surface area contributed by atoms with E-state index >= 15 is 0 Å². The van der Waals surface area contributed by atoms with E-state index in [2.05, 4.69) is 39.7 Å². The molecule has 0 unspecified atom stereocenters. The average molecular weight is 232 g/mol. The Kier molecular flexibility index (Phi) is 6.25. The van der Waals surface area contributed by atoms with E-state index in [0.29, 0.717) is 0 Å². The Hall–Kier alpha value is 0.394. The molecule has 0 aromatic heterocycles. The minimum Gasteiger partial charge on any atom is -0.456 e. The van der Waals surface area contributed by atoms with Crippen LogP contribution in [0.2, 0.25) is 38.8 Å². The predicted molar refractivity (Wildman–Crippen MR) is 70.5 cm³/mol. The highest BCUT2D eigenvalue weighted by atomic mass is 28.4. The van der Waals surface area contributed by atoms with Crippen molar-refractivity contribution >= 4 is 16.6 Å². The molecule has 0 aromatic carbocycles. The molecule has 0 aromatic rings. The molecule has 0 atom stereocenters. The van der Waals surface area contributed by atoms with E-state index in [4.69, 9.17) is 4.12 Å². The quantitative estimate of drug-likeness (QED) is 0.465. The molecule has 0 bridgehead atoms. The average Bonchev–Trinajstić information content (AvgIpc) is 1.93. The molecule has 1 radical (unpaired) electrons. The lowest BCUT2D eigenvalue weighted by molar-refractivity contribution is 0.540. The van der Waals surface area contributed by atoms with Crippen molar-refractivity contribution in [2.24, 2.45) is 0 Å². The third kappa shape index (κ3) is 8.97. The van der Waals surface area contributed by atoms with E-state index < -0.39 is 16.6 Å². The lowest BCUT2D eigenvalue weighted by Crippen LogP contribution is -2.42. The number of hydrogen-bond acceptors (Lipinski definition) is 1. The van der Waals surface area contributed by atoms with Crippen molar-refractivity contribution in [1.29, 1.82) is 0 Å². The van der Waals surface area contributed by atoms with E-state index in [-0.39, 0.29) is 0 Å². The first kappa shape index (κ1) is 14.4. The van der Waals surface area contributed by atoms with Crippen LogP contribution in [0.25, 0.3) is 0 Å². The zero-order valence-corrected chi connectivity index (χ0v) is 12.7. The smallest absolute Gasteiger partial charge is 0.173 e. The monoisotopic (exact) mass is 231 g/mol. The first-order valence-electron chi connectivity index (χ1n) is 5.76. The summed E-state index contributed by atoms with van der Waals surface area (Å²) in [5.74, 6) is 0. The second-order valence-corrected chi connectivity index (χ2v) is 14.7. The number of rotatable bonds is 7. The fourth-order valence-electron chi connectivity index (χ4n) is 1.78. The molecule has 0 fully saturated rings. The Morgan fingerprint density at radius 3 is 1.93 bits per heavy atom.